The zero-order valence-electron chi connectivity index (χ0n) is 12.2. The second kappa shape index (κ2) is 4.73. The lowest BCUT2D eigenvalue weighted by atomic mass is 10.1. The lowest BCUT2D eigenvalue weighted by Crippen LogP contribution is -2.07. The summed E-state index contributed by atoms with van der Waals surface area (Å²) in [5.41, 5.74) is 9.79. The third-order valence-corrected chi connectivity index (χ3v) is 3.59. The summed E-state index contributed by atoms with van der Waals surface area (Å²) in [6.45, 7) is 3.95. The van der Waals surface area contributed by atoms with E-state index in [0.717, 1.165) is 22.9 Å². The van der Waals surface area contributed by atoms with Crippen LogP contribution in [0.2, 0.25) is 0 Å². The van der Waals surface area contributed by atoms with E-state index in [4.69, 9.17) is 5.73 Å². The zero-order valence-corrected chi connectivity index (χ0v) is 12.2. The van der Waals surface area contributed by atoms with Gasteiger partial charge in [-0.1, -0.05) is 6.07 Å². The Balaban J connectivity index is 2.21. The lowest BCUT2D eigenvalue weighted by Gasteiger charge is -2.06. The lowest BCUT2D eigenvalue weighted by molar-refractivity contribution is 0.112. The van der Waals surface area contributed by atoms with Crippen molar-refractivity contribution in [2.24, 2.45) is 7.05 Å². The van der Waals surface area contributed by atoms with E-state index in [2.05, 4.69) is 10.1 Å². The molecular weight excluding hydrogens is 266 g/mol. The molecule has 6 nitrogen and oxygen atoms in total. The Kier molecular flexibility index (Phi) is 3.01. The molecule has 0 saturated heterocycles. The van der Waals surface area contributed by atoms with Crippen LogP contribution in [-0.4, -0.2) is 25.6 Å². The highest BCUT2D eigenvalue weighted by molar-refractivity contribution is 5.93. The number of nitrogens with two attached hydrogens (primary N) is 1. The van der Waals surface area contributed by atoms with Gasteiger partial charge in [0.15, 0.2) is 6.29 Å². The minimum Gasteiger partial charge on any atom is -0.383 e. The average Bonchev–Trinajstić information content (AvgIpc) is 2.99. The van der Waals surface area contributed by atoms with E-state index in [-0.39, 0.29) is 6.04 Å². The summed E-state index contributed by atoms with van der Waals surface area (Å²) in [7, 11) is 1.94. The van der Waals surface area contributed by atoms with Crippen molar-refractivity contribution in [3.63, 3.8) is 0 Å². The molecule has 0 fully saturated rings. The third-order valence-electron chi connectivity index (χ3n) is 3.59. The third kappa shape index (κ3) is 1.99. The van der Waals surface area contributed by atoms with Crippen molar-refractivity contribution in [2.45, 2.75) is 19.9 Å². The Morgan fingerprint density at radius 1 is 1.33 bits per heavy atom. The van der Waals surface area contributed by atoms with Crippen LogP contribution >= 0.6 is 0 Å². The number of anilines is 1. The van der Waals surface area contributed by atoms with Gasteiger partial charge in [-0.05, 0) is 26.0 Å². The summed E-state index contributed by atoms with van der Waals surface area (Å²) in [5, 5.41) is 4.49. The van der Waals surface area contributed by atoms with Gasteiger partial charge in [-0.15, -0.1) is 0 Å². The normalized spacial score (nSPS) is 11.4. The number of hydrogen-bond donors (Lipinski definition) is 1. The number of rotatable bonds is 3. The number of benzene rings is 1. The molecule has 2 heterocycles. The van der Waals surface area contributed by atoms with E-state index in [1.165, 1.54) is 0 Å². The van der Waals surface area contributed by atoms with E-state index in [0.29, 0.717) is 17.1 Å². The Morgan fingerprint density at radius 2 is 2.10 bits per heavy atom. The highest BCUT2D eigenvalue weighted by atomic mass is 16.1. The topological polar surface area (TPSA) is 78.7 Å². The quantitative estimate of drug-likeness (QED) is 0.749. The summed E-state index contributed by atoms with van der Waals surface area (Å²) in [6, 6.07) is 5.92. The number of nitrogen functional groups attached to an aromatic ring is 1. The summed E-state index contributed by atoms with van der Waals surface area (Å²) < 4.78 is 3.61. The van der Waals surface area contributed by atoms with Crippen molar-refractivity contribution in [3.8, 4) is 11.3 Å². The van der Waals surface area contributed by atoms with Crippen LogP contribution in [0.25, 0.3) is 22.3 Å². The molecule has 0 atom stereocenters. The highest BCUT2D eigenvalue weighted by Gasteiger charge is 2.18. The largest absolute Gasteiger partial charge is 0.383 e. The van der Waals surface area contributed by atoms with Gasteiger partial charge in [0, 0.05) is 18.7 Å². The van der Waals surface area contributed by atoms with Crippen molar-refractivity contribution < 1.29 is 4.79 Å². The fourth-order valence-corrected chi connectivity index (χ4v) is 2.47. The van der Waals surface area contributed by atoms with Gasteiger partial charge in [0.05, 0.1) is 22.9 Å². The van der Waals surface area contributed by atoms with Crippen LogP contribution in [0, 0.1) is 0 Å². The molecule has 108 valence electrons. The summed E-state index contributed by atoms with van der Waals surface area (Å²) in [4.78, 5) is 15.7. The fourth-order valence-electron chi connectivity index (χ4n) is 2.47. The number of hydrogen-bond acceptors (Lipinski definition) is 4. The first kappa shape index (κ1) is 13.4. The van der Waals surface area contributed by atoms with Crippen molar-refractivity contribution in [1.82, 2.24) is 19.3 Å². The molecule has 2 N–H and O–H groups in total. The maximum atomic E-state index is 11.4. The van der Waals surface area contributed by atoms with E-state index in [9.17, 15) is 4.79 Å². The van der Waals surface area contributed by atoms with Gasteiger partial charge in [-0.25, -0.2) is 9.67 Å². The van der Waals surface area contributed by atoms with E-state index >= 15 is 0 Å². The molecule has 21 heavy (non-hydrogen) atoms. The molecule has 0 radical (unpaired) electrons. The Labute approximate surface area is 122 Å². The van der Waals surface area contributed by atoms with Crippen LogP contribution in [0.15, 0.2) is 24.5 Å². The number of imidazole rings is 1. The number of fused-ring (bicyclic) bond motifs is 1. The Bertz CT molecular complexity index is 828. The molecule has 3 aromatic rings. The van der Waals surface area contributed by atoms with Gasteiger partial charge in [-0.3, -0.25) is 4.79 Å². The highest BCUT2D eigenvalue weighted by Crippen LogP contribution is 2.29. The van der Waals surface area contributed by atoms with Gasteiger partial charge in [0.2, 0.25) is 0 Å². The minimum absolute atomic E-state index is 0.0935. The van der Waals surface area contributed by atoms with Gasteiger partial charge in [0.25, 0.3) is 0 Å². The molecule has 2 aromatic heterocycles. The van der Waals surface area contributed by atoms with Crippen LogP contribution < -0.4 is 5.73 Å². The molecule has 0 unspecified atom stereocenters. The van der Waals surface area contributed by atoms with E-state index < -0.39 is 0 Å². The van der Waals surface area contributed by atoms with Crippen molar-refractivity contribution in [3.05, 3.63) is 30.1 Å². The SMILES string of the molecule is CC(C)n1nc(-c2ccc3c(c2)ncn3C)c(C=O)c1N. The monoisotopic (exact) mass is 283 g/mol. The molecular formula is C15H17N5O. The molecule has 0 spiro atoms. The number of nitrogens with zero attached hydrogens (tertiary/aromatic N) is 4. The summed E-state index contributed by atoms with van der Waals surface area (Å²) >= 11 is 0. The molecule has 6 heteroatoms. The first-order valence-corrected chi connectivity index (χ1v) is 6.77. The molecule has 0 aliphatic rings. The molecule has 0 aliphatic heterocycles. The van der Waals surface area contributed by atoms with Gasteiger partial charge >= 0.3 is 0 Å². The van der Waals surface area contributed by atoms with E-state index in [1.54, 1.807) is 11.0 Å². The van der Waals surface area contributed by atoms with Crippen LogP contribution in [0.5, 0.6) is 0 Å². The maximum absolute atomic E-state index is 11.4. The smallest absolute Gasteiger partial charge is 0.156 e. The summed E-state index contributed by atoms with van der Waals surface area (Å²) in [5.74, 6) is 0.399. The number of aryl methyl sites for hydroxylation is 1. The molecule has 3 rings (SSSR count). The predicted molar refractivity (Wildman–Crippen MR) is 82.1 cm³/mol. The maximum Gasteiger partial charge on any atom is 0.156 e. The zero-order chi connectivity index (χ0) is 15.1. The summed E-state index contributed by atoms with van der Waals surface area (Å²) in [6.07, 6.45) is 2.52. The molecule has 0 bridgehead atoms. The second-order valence-corrected chi connectivity index (χ2v) is 5.36. The number of carbonyl (C=O) groups excluding carboxylic acids is 1. The van der Waals surface area contributed by atoms with Crippen LogP contribution in [0.4, 0.5) is 5.82 Å². The first-order valence-electron chi connectivity index (χ1n) is 6.77. The van der Waals surface area contributed by atoms with Crippen molar-refractivity contribution in [1.29, 1.82) is 0 Å². The standard InChI is InChI=1S/C15H17N5O/c1-9(2)20-15(16)11(7-21)14(18-20)10-4-5-13-12(6-10)17-8-19(13)3/h4-9H,16H2,1-3H3. The Hall–Kier alpha value is -2.63. The van der Waals surface area contributed by atoms with Crippen molar-refractivity contribution >= 4 is 23.1 Å². The number of aromatic nitrogens is 4. The van der Waals surface area contributed by atoms with E-state index in [1.807, 2.05) is 43.7 Å². The molecule has 0 saturated carbocycles. The fraction of sp³-hybridized carbons (Fsp3) is 0.267. The molecule has 0 amide bonds. The predicted octanol–water partition coefficient (Wildman–Crippen LogP) is 2.41. The first-order chi connectivity index (χ1) is 10.0. The molecule has 0 aliphatic carbocycles. The van der Waals surface area contributed by atoms with Crippen LogP contribution in [-0.2, 0) is 7.05 Å². The number of aldehydes is 1. The number of carbonyl (C=O) groups is 1. The minimum atomic E-state index is 0.0935. The van der Waals surface area contributed by atoms with Gasteiger partial charge in [0.1, 0.15) is 11.5 Å². The van der Waals surface area contributed by atoms with Gasteiger partial charge in [-0.2, -0.15) is 5.10 Å². The van der Waals surface area contributed by atoms with Crippen LogP contribution in [0.1, 0.15) is 30.2 Å². The van der Waals surface area contributed by atoms with Crippen LogP contribution in [0.3, 0.4) is 0 Å². The average molecular weight is 283 g/mol. The van der Waals surface area contributed by atoms with Crippen molar-refractivity contribution in [2.75, 3.05) is 5.73 Å². The molecule has 1 aromatic carbocycles. The van der Waals surface area contributed by atoms with Gasteiger partial charge < -0.3 is 10.3 Å². The Morgan fingerprint density at radius 3 is 2.76 bits per heavy atom. The second-order valence-electron chi connectivity index (χ2n) is 5.36.